The zero-order valence-electron chi connectivity index (χ0n) is 10.1. The van der Waals surface area contributed by atoms with E-state index in [9.17, 15) is 0 Å². The Morgan fingerprint density at radius 2 is 1.76 bits per heavy atom. The Labute approximate surface area is 106 Å². The highest BCUT2D eigenvalue weighted by atomic mass is 35.5. The van der Waals surface area contributed by atoms with Crippen LogP contribution in [0.3, 0.4) is 0 Å². The number of aryl methyl sites for hydroxylation is 2. The van der Waals surface area contributed by atoms with Crippen molar-refractivity contribution in [1.82, 2.24) is 4.98 Å². The lowest BCUT2D eigenvalue weighted by atomic mass is 10.1. The van der Waals surface area contributed by atoms with Crippen LogP contribution in [0.15, 0.2) is 30.3 Å². The van der Waals surface area contributed by atoms with E-state index < -0.39 is 0 Å². The molecule has 17 heavy (non-hydrogen) atoms. The van der Waals surface area contributed by atoms with E-state index >= 15 is 0 Å². The average Bonchev–Trinajstić information content (AvgIpc) is 2.28. The molecule has 0 amide bonds. The van der Waals surface area contributed by atoms with Crippen LogP contribution in [0, 0.1) is 20.8 Å². The molecule has 0 aliphatic carbocycles. The number of rotatable bonds is 2. The number of nitrogens with zero attached hydrogens (tertiary/aromatic N) is 1. The first-order chi connectivity index (χ1) is 8.08. The first kappa shape index (κ1) is 11.9. The van der Waals surface area contributed by atoms with Crippen molar-refractivity contribution in [3.8, 4) is 11.5 Å². The molecule has 88 valence electrons. The zero-order chi connectivity index (χ0) is 12.4. The summed E-state index contributed by atoms with van der Waals surface area (Å²) in [5, 5.41) is 0.394. The van der Waals surface area contributed by atoms with Gasteiger partial charge in [-0.2, -0.15) is 0 Å². The van der Waals surface area contributed by atoms with Gasteiger partial charge in [0.05, 0.1) is 0 Å². The molecule has 0 radical (unpaired) electrons. The van der Waals surface area contributed by atoms with E-state index in [1.807, 2.05) is 38.1 Å². The fraction of sp³-hybridized carbons (Fsp3) is 0.214. The highest BCUT2D eigenvalue weighted by Gasteiger charge is 2.07. The largest absolute Gasteiger partial charge is 0.454 e. The third-order valence-corrected chi connectivity index (χ3v) is 3.00. The molecule has 2 nitrogen and oxygen atoms in total. The van der Waals surface area contributed by atoms with Crippen molar-refractivity contribution in [2.45, 2.75) is 20.8 Å². The minimum atomic E-state index is 0.394. The average molecular weight is 248 g/mol. The van der Waals surface area contributed by atoms with Gasteiger partial charge in [-0.1, -0.05) is 23.7 Å². The maximum atomic E-state index is 6.04. The molecule has 0 atom stereocenters. The molecule has 2 aromatic rings. The molecule has 0 fully saturated rings. The van der Waals surface area contributed by atoms with Crippen molar-refractivity contribution >= 4 is 11.6 Å². The summed E-state index contributed by atoms with van der Waals surface area (Å²) in [6.07, 6.45) is 0. The Kier molecular flexibility index (Phi) is 3.34. The molecule has 0 aliphatic rings. The predicted molar refractivity (Wildman–Crippen MR) is 70.0 cm³/mol. The SMILES string of the molecule is Cc1ccc(Oc2cccc(C)c2C)c(Cl)n1. The number of aromatic nitrogens is 1. The molecule has 0 saturated heterocycles. The molecule has 3 heteroatoms. The fourth-order valence-electron chi connectivity index (χ4n) is 1.54. The fourth-order valence-corrected chi connectivity index (χ4v) is 1.78. The molecule has 0 bridgehead atoms. The highest BCUT2D eigenvalue weighted by Crippen LogP contribution is 2.30. The van der Waals surface area contributed by atoms with Gasteiger partial charge in [0.2, 0.25) is 0 Å². The van der Waals surface area contributed by atoms with E-state index in [0.29, 0.717) is 10.9 Å². The number of benzene rings is 1. The van der Waals surface area contributed by atoms with Crippen LogP contribution in [-0.2, 0) is 0 Å². The van der Waals surface area contributed by atoms with E-state index in [4.69, 9.17) is 16.3 Å². The van der Waals surface area contributed by atoms with E-state index in [2.05, 4.69) is 18.0 Å². The monoisotopic (exact) mass is 247 g/mol. The van der Waals surface area contributed by atoms with Crippen LogP contribution in [0.4, 0.5) is 0 Å². The summed E-state index contributed by atoms with van der Waals surface area (Å²) in [6.45, 7) is 5.98. The van der Waals surface area contributed by atoms with E-state index in [1.165, 1.54) is 5.56 Å². The van der Waals surface area contributed by atoms with E-state index in [0.717, 1.165) is 17.0 Å². The van der Waals surface area contributed by atoms with Gasteiger partial charge in [-0.15, -0.1) is 0 Å². The maximum absolute atomic E-state index is 6.04. The summed E-state index contributed by atoms with van der Waals surface area (Å²) < 4.78 is 5.78. The van der Waals surface area contributed by atoms with E-state index in [1.54, 1.807) is 0 Å². The van der Waals surface area contributed by atoms with Crippen LogP contribution in [0.1, 0.15) is 16.8 Å². The number of hydrogen-bond donors (Lipinski definition) is 0. The van der Waals surface area contributed by atoms with Gasteiger partial charge < -0.3 is 4.74 Å². The van der Waals surface area contributed by atoms with Crippen molar-refractivity contribution in [2.24, 2.45) is 0 Å². The van der Waals surface area contributed by atoms with Crippen LogP contribution in [0.2, 0.25) is 5.15 Å². The van der Waals surface area contributed by atoms with Crippen LogP contribution in [0.5, 0.6) is 11.5 Å². The molecule has 1 aromatic heterocycles. The molecule has 0 unspecified atom stereocenters. The Morgan fingerprint density at radius 3 is 2.47 bits per heavy atom. The Balaban J connectivity index is 2.35. The van der Waals surface area contributed by atoms with Crippen molar-refractivity contribution in [2.75, 3.05) is 0 Å². The number of hydrogen-bond acceptors (Lipinski definition) is 2. The second-order valence-electron chi connectivity index (χ2n) is 4.04. The molecule has 2 rings (SSSR count). The Bertz CT molecular complexity index is 552. The molecule has 0 N–H and O–H groups in total. The van der Waals surface area contributed by atoms with Gasteiger partial charge >= 0.3 is 0 Å². The van der Waals surface area contributed by atoms with Crippen LogP contribution >= 0.6 is 11.6 Å². The first-order valence-electron chi connectivity index (χ1n) is 5.45. The standard InChI is InChI=1S/C14H14ClNO/c1-9-5-4-6-12(11(9)3)17-13-8-7-10(2)16-14(13)15/h4-8H,1-3H3. The number of ether oxygens (including phenoxy) is 1. The second kappa shape index (κ2) is 4.76. The van der Waals surface area contributed by atoms with Gasteiger partial charge in [0.1, 0.15) is 5.75 Å². The van der Waals surface area contributed by atoms with Gasteiger partial charge in [-0.05, 0) is 50.1 Å². The van der Waals surface area contributed by atoms with Crippen LogP contribution in [0.25, 0.3) is 0 Å². The molecule has 1 heterocycles. The minimum absolute atomic E-state index is 0.394. The topological polar surface area (TPSA) is 22.1 Å². The number of pyridine rings is 1. The molecule has 0 saturated carbocycles. The molecular weight excluding hydrogens is 234 g/mol. The predicted octanol–water partition coefficient (Wildman–Crippen LogP) is 4.45. The Morgan fingerprint density at radius 1 is 1.00 bits per heavy atom. The van der Waals surface area contributed by atoms with Crippen molar-refractivity contribution < 1.29 is 4.74 Å². The maximum Gasteiger partial charge on any atom is 0.171 e. The summed E-state index contributed by atoms with van der Waals surface area (Å²) in [4.78, 5) is 4.16. The molecule has 1 aromatic carbocycles. The normalized spacial score (nSPS) is 10.4. The number of halogens is 1. The van der Waals surface area contributed by atoms with Crippen molar-refractivity contribution in [3.05, 3.63) is 52.3 Å². The summed E-state index contributed by atoms with van der Waals surface area (Å²) in [7, 11) is 0. The first-order valence-corrected chi connectivity index (χ1v) is 5.83. The van der Waals surface area contributed by atoms with Crippen molar-refractivity contribution in [1.29, 1.82) is 0 Å². The van der Waals surface area contributed by atoms with Gasteiger partial charge in [-0.3, -0.25) is 0 Å². The minimum Gasteiger partial charge on any atom is -0.454 e. The molecular formula is C14H14ClNO. The van der Waals surface area contributed by atoms with E-state index in [-0.39, 0.29) is 0 Å². The third-order valence-electron chi connectivity index (χ3n) is 2.73. The van der Waals surface area contributed by atoms with Crippen LogP contribution in [-0.4, -0.2) is 4.98 Å². The smallest absolute Gasteiger partial charge is 0.171 e. The lowest BCUT2D eigenvalue weighted by Crippen LogP contribution is -1.92. The summed E-state index contributed by atoms with van der Waals surface area (Å²) in [5.41, 5.74) is 3.19. The van der Waals surface area contributed by atoms with Gasteiger partial charge in [0, 0.05) is 5.69 Å². The zero-order valence-corrected chi connectivity index (χ0v) is 10.9. The molecule has 0 spiro atoms. The highest BCUT2D eigenvalue weighted by molar-refractivity contribution is 6.30. The second-order valence-corrected chi connectivity index (χ2v) is 4.40. The van der Waals surface area contributed by atoms with Crippen LogP contribution < -0.4 is 4.74 Å². The van der Waals surface area contributed by atoms with Gasteiger partial charge in [-0.25, -0.2) is 4.98 Å². The quantitative estimate of drug-likeness (QED) is 0.732. The summed E-state index contributed by atoms with van der Waals surface area (Å²) in [6, 6.07) is 9.67. The lowest BCUT2D eigenvalue weighted by Gasteiger charge is -2.11. The Hall–Kier alpha value is -1.54. The summed E-state index contributed by atoms with van der Waals surface area (Å²) in [5.74, 6) is 1.41. The third kappa shape index (κ3) is 2.59. The summed E-state index contributed by atoms with van der Waals surface area (Å²) >= 11 is 6.04. The molecule has 0 aliphatic heterocycles. The lowest BCUT2D eigenvalue weighted by molar-refractivity contribution is 0.476. The van der Waals surface area contributed by atoms with Crippen molar-refractivity contribution in [3.63, 3.8) is 0 Å². The van der Waals surface area contributed by atoms with Gasteiger partial charge in [0.25, 0.3) is 0 Å². The van der Waals surface area contributed by atoms with Gasteiger partial charge in [0.15, 0.2) is 10.9 Å².